The molecule has 0 bridgehead atoms. The summed E-state index contributed by atoms with van der Waals surface area (Å²) in [5, 5.41) is 8.88. The number of hydrogen-bond acceptors (Lipinski definition) is 3. The molecule has 0 saturated carbocycles. The Morgan fingerprint density at radius 3 is 2.89 bits per heavy atom. The van der Waals surface area contributed by atoms with Gasteiger partial charge in [-0.15, -0.1) is 0 Å². The van der Waals surface area contributed by atoms with Crippen LogP contribution in [0.2, 0.25) is 0 Å². The predicted octanol–water partition coefficient (Wildman–Crippen LogP) is 1.66. The molecule has 1 aromatic carbocycles. The van der Waals surface area contributed by atoms with Crippen LogP contribution in [0.1, 0.15) is 35.2 Å². The van der Waals surface area contributed by atoms with E-state index >= 15 is 0 Å². The number of rotatable bonds is 3. The number of aryl methyl sites for hydroxylation is 1. The highest BCUT2D eigenvalue weighted by molar-refractivity contribution is 5.99. The van der Waals surface area contributed by atoms with Gasteiger partial charge in [0.1, 0.15) is 0 Å². The van der Waals surface area contributed by atoms with E-state index < -0.39 is 5.97 Å². The van der Waals surface area contributed by atoms with E-state index in [1.807, 2.05) is 13.0 Å². The number of aliphatic carboxylic acids is 1. The van der Waals surface area contributed by atoms with Crippen LogP contribution in [0, 0.1) is 6.92 Å². The van der Waals surface area contributed by atoms with Crippen molar-refractivity contribution < 1.29 is 14.7 Å². The average molecular weight is 262 g/mol. The van der Waals surface area contributed by atoms with Crippen LogP contribution in [0.4, 0.5) is 5.69 Å². The van der Waals surface area contributed by atoms with Crippen LogP contribution in [-0.2, 0) is 4.79 Å². The number of hydrogen-bond donors (Lipinski definition) is 2. The van der Waals surface area contributed by atoms with Crippen molar-refractivity contribution in [2.75, 3.05) is 12.3 Å². The lowest BCUT2D eigenvalue weighted by atomic mass is 10.1. The molecule has 1 amide bonds. The zero-order valence-corrected chi connectivity index (χ0v) is 10.9. The maximum Gasteiger partial charge on any atom is 0.305 e. The second kappa shape index (κ2) is 5.30. The first kappa shape index (κ1) is 13.4. The number of benzene rings is 1. The summed E-state index contributed by atoms with van der Waals surface area (Å²) in [6.07, 6.45) is 1.58. The molecule has 1 aromatic rings. The third kappa shape index (κ3) is 2.86. The molecule has 0 aliphatic carbocycles. The highest BCUT2D eigenvalue weighted by Gasteiger charge is 2.31. The van der Waals surface area contributed by atoms with E-state index in [1.165, 1.54) is 0 Å². The van der Waals surface area contributed by atoms with Crippen LogP contribution < -0.4 is 5.73 Å². The average Bonchev–Trinajstić information content (AvgIpc) is 2.78. The number of carboxylic acids is 1. The number of carbonyl (C=O) groups excluding carboxylic acids is 1. The Bertz CT molecular complexity index is 513. The van der Waals surface area contributed by atoms with E-state index in [1.54, 1.807) is 17.0 Å². The SMILES string of the molecule is Cc1ccc(N)c(C(=O)N2CCCC2CC(=O)O)c1. The number of carboxylic acid groups (broad SMARTS) is 1. The summed E-state index contributed by atoms with van der Waals surface area (Å²) < 4.78 is 0. The molecular weight excluding hydrogens is 244 g/mol. The summed E-state index contributed by atoms with van der Waals surface area (Å²) in [6.45, 7) is 2.50. The maximum absolute atomic E-state index is 12.5. The second-order valence-corrected chi connectivity index (χ2v) is 4.98. The van der Waals surface area contributed by atoms with Crippen LogP contribution in [0.25, 0.3) is 0 Å². The van der Waals surface area contributed by atoms with Crippen molar-refractivity contribution >= 4 is 17.6 Å². The summed E-state index contributed by atoms with van der Waals surface area (Å²) in [5.74, 6) is -1.04. The fourth-order valence-corrected chi connectivity index (χ4v) is 2.53. The number of likely N-dealkylation sites (tertiary alicyclic amines) is 1. The molecule has 1 heterocycles. The molecule has 2 rings (SSSR count). The molecule has 5 nitrogen and oxygen atoms in total. The van der Waals surface area contributed by atoms with Gasteiger partial charge in [-0.3, -0.25) is 9.59 Å². The second-order valence-electron chi connectivity index (χ2n) is 4.98. The fraction of sp³-hybridized carbons (Fsp3) is 0.429. The Kier molecular flexibility index (Phi) is 3.74. The smallest absolute Gasteiger partial charge is 0.305 e. The third-order valence-corrected chi connectivity index (χ3v) is 3.49. The lowest BCUT2D eigenvalue weighted by molar-refractivity contribution is -0.137. The van der Waals surface area contributed by atoms with Crippen LogP contribution in [0.5, 0.6) is 0 Å². The van der Waals surface area contributed by atoms with Crippen LogP contribution >= 0.6 is 0 Å². The van der Waals surface area contributed by atoms with Crippen LogP contribution in [-0.4, -0.2) is 34.5 Å². The Balaban J connectivity index is 2.23. The number of carbonyl (C=O) groups is 2. The first-order valence-electron chi connectivity index (χ1n) is 6.38. The molecule has 1 atom stereocenters. The van der Waals surface area contributed by atoms with Gasteiger partial charge in [-0.05, 0) is 31.9 Å². The predicted molar refractivity (Wildman–Crippen MR) is 71.9 cm³/mol. The first-order chi connectivity index (χ1) is 8.99. The number of anilines is 1. The molecular formula is C14H18N2O3. The van der Waals surface area contributed by atoms with Crippen molar-refractivity contribution in [3.05, 3.63) is 29.3 Å². The molecule has 1 fully saturated rings. The molecule has 3 N–H and O–H groups in total. The molecule has 5 heteroatoms. The Morgan fingerprint density at radius 1 is 1.47 bits per heavy atom. The van der Waals surface area contributed by atoms with Gasteiger partial charge in [0.25, 0.3) is 5.91 Å². The summed E-state index contributed by atoms with van der Waals surface area (Å²) in [6, 6.07) is 5.11. The minimum Gasteiger partial charge on any atom is -0.481 e. The molecule has 1 aliphatic rings. The highest BCUT2D eigenvalue weighted by Crippen LogP contribution is 2.25. The molecule has 0 radical (unpaired) electrons. The lowest BCUT2D eigenvalue weighted by Gasteiger charge is -2.24. The van der Waals surface area contributed by atoms with Gasteiger partial charge in [0.05, 0.1) is 12.0 Å². The van der Waals surface area contributed by atoms with Crippen molar-refractivity contribution in [2.24, 2.45) is 0 Å². The number of amides is 1. The van der Waals surface area contributed by atoms with Gasteiger partial charge in [-0.2, -0.15) is 0 Å². The zero-order chi connectivity index (χ0) is 14.0. The Morgan fingerprint density at radius 2 is 2.21 bits per heavy atom. The van der Waals surface area contributed by atoms with E-state index in [0.717, 1.165) is 18.4 Å². The molecule has 0 aromatic heterocycles. The largest absolute Gasteiger partial charge is 0.481 e. The third-order valence-electron chi connectivity index (χ3n) is 3.49. The van der Waals surface area contributed by atoms with Gasteiger partial charge >= 0.3 is 5.97 Å². The molecule has 1 aliphatic heterocycles. The summed E-state index contributed by atoms with van der Waals surface area (Å²) in [4.78, 5) is 24.9. The van der Waals surface area contributed by atoms with E-state index in [0.29, 0.717) is 17.8 Å². The van der Waals surface area contributed by atoms with Crippen molar-refractivity contribution in [3.63, 3.8) is 0 Å². The molecule has 1 unspecified atom stereocenters. The topological polar surface area (TPSA) is 83.6 Å². The lowest BCUT2D eigenvalue weighted by Crippen LogP contribution is -2.37. The fourth-order valence-electron chi connectivity index (χ4n) is 2.53. The molecule has 102 valence electrons. The van der Waals surface area contributed by atoms with E-state index in [-0.39, 0.29) is 18.4 Å². The summed E-state index contributed by atoms with van der Waals surface area (Å²) in [5.41, 5.74) is 7.72. The van der Waals surface area contributed by atoms with Crippen molar-refractivity contribution in [1.29, 1.82) is 0 Å². The summed E-state index contributed by atoms with van der Waals surface area (Å²) in [7, 11) is 0. The van der Waals surface area contributed by atoms with Gasteiger partial charge in [0, 0.05) is 18.3 Å². The number of nitrogens with zero attached hydrogens (tertiary/aromatic N) is 1. The van der Waals surface area contributed by atoms with Gasteiger partial charge in [-0.1, -0.05) is 11.6 Å². The van der Waals surface area contributed by atoms with E-state index in [2.05, 4.69) is 0 Å². The van der Waals surface area contributed by atoms with E-state index in [4.69, 9.17) is 10.8 Å². The van der Waals surface area contributed by atoms with Crippen molar-refractivity contribution in [3.8, 4) is 0 Å². The first-order valence-corrected chi connectivity index (χ1v) is 6.38. The minimum absolute atomic E-state index is 0.00252. The van der Waals surface area contributed by atoms with Gasteiger partial charge < -0.3 is 15.7 Å². The Labute approximate surface area is 112 Å². The quantitative estimate of drug-likeness (QED) is 0.811. The molecule has 1 saturated heterocycles. The molecule has 0 spiro atoms. The van der Waals surface area contributed by atoms with E-state index in [9.17, 15) is 9.59 Å². The van der Waals surface area contributed by atoms with Crippen LogP contribution in [0.3, 0.4) is 0 Å². The Hall–Kier alpha value is -2.04. The molecule has 19 heavy (non-hydrogen) atoms. The monoisotopic (exact) mass is 262 g/mol. The minimum atomic E-state index is -0.873. The highest BCUT2D eigenvalue weighted by atomic mass is 16.4. The summed E-state index contributed by atoms with van der Waals surface area (Å²) >= 11 is 0. The maximum atomic E-state index is 12.5. The van der Waals surface area contributed by atoms with Gasteiger partial charge in [0.15, 0.2) is 0 Å². The van der Waals surface area contributed by atoms with Crippen molar-refractivity contribution in [2.45, 2.75) is 32.2 Å². The number of nitrogens with two attached hydrogens (primary N) is 1. The van der Waals surface area contributed by atoms with Crippen LogP contribution in [0.15, 0.2) is 18.2 Å². The number of nitrogen functional groups attached to an aromatic ring is 1. The normalized spacial score (nSPS) is 18.6. The standard InChI is InChI=1S/C14H18N2O3/c1-9-4-5-12(15)11(7-9)14(19)16-6-2-3-10(16)8-13(17)18/h4-5,7,10H,2-3,6,8,15H2,1H3,(H,17,18). The van der Waals surface area contributed by atoms with Gasteiger partial charge in [0.2, 0.25) is 0 Å². The zero-order valence-electron chi connectivity index (χ0n) is 10.9. The van der Waals surface area contributed by atoms with Gasteiger partial charge in [-0.25, -0.2) is 0 Å². The van der Waals surface area contributed by atoms with Crippen molar-refractivity contribution in [1.82, 2.24) is 4.90 Å².